The van der Waals surface area contributed by atoms with E-state index in [1.165, 1.54) is 18.2 Å². The second-order valence-corrected chi connectivity index (χ2v) is 5.26. The van der Waals surface area contributed by atoms with Gasteiger partial charge in [-0.25, -0.2) is 8.78 Å². The van der Waals surface area contributed by atoms with Crippen molar-refractivity contribution < 1.29 is 13.6 Å². The number of hydrogen-bond acceptors (Lipinski definition) is 2. The van der Waals surface area contributed by atoms with Gasteiger partial charge in [0, 0.05) is 10.2 Å². The molecular weight excluding hydrogens is 354 g/mol. The zero-order valence-electron chi connectivity index (χ0n) is 9.88. The zero-order valence-corrected chi connectivity index (χ0v) is 12.2. The molecule has 0 saturated carbocycles. The van der Waals surface area contributed by atoms with Gasteiger partial charge in [0.15, 0.2) is 0 Å². The number of carbonyl (C=O) groups excluding carboxylic acids is 1. The lowest BCUT2D eigenvalue weighted by molar-refractivity contribution is 0.101. The van der Waals surface area contributed by atoms with Gasteiger partial charge in [-0.05, 0) is 30.3 Å². The van der Waals surface area contributed by atoms with Gasteiger partial charge in [-0.1, -0.05) is 27.5 Å². The van der Waals surface area contributed by atoms with Gasteiger partial charge >= 0.3 is 0 Å². The Hall–Kier alpha value is -1.66. The molecule has 3 nitrogen and oxygen atoms in total. The third-order valence-electron chi connectivity index (χ3n) is 2.48. The van der Waals surface area contributed by atoms with E-state index in [0.29, 0.717) is 5.69 Å². The molecule has 0 aliphatic heterocycles. The summed E-state index contributed by atoms with van der Waals surface area (Å²) >= 11 is 8.81. The van der Waals surface area contributed by atoms with E-state index in [0.717, 1.165) is 12.1 Å². The standard InChI is InChI=1S/C13H8BrClF2N2O/c14-6-3-9(16)12(10(17)4-6)13(20)19-11-2-1-7(18)5-8(11)15/h1-5H,18H2,(H,19,20). The van der Waals surface area contributed by atoms with Gasteiger partial charge in [-0.2, -0.15) is 0 Å². The second kappa shape index (κ2) is 5.76. The summed E-state index contributed by atoms with van der Waals surface area (Å²) in [4.78, 5) is 11.9. The molecule has 0 saturated heterocycles. The molecule has 0 fully saturated rings. The quantitative estimate of drug-likeness (QED) is 0.787. The van der Waals surface area contributed by atoms with Gasteiger partial charge in [0.1, 0.15) is 17.2 Å². The minimum absolute atomic E-state index is 0.177. The van der Waals surface area contributed by atoms with Crippen LogP contribution in [0.5, 0.6) is 0 Å². The van der Waals surface area contributed by atoms with Gasteiger partial charge < -0.3 is 11.1 Å². The van der Waals surface area contributed by atoms with Crippen LogP contribution in [0.4, 0.5) is 20.2 Å². The largest absolute Gasteiger partial charge is 0.399 e. The summed E-state index contributed by atoms with van der Waals surface area (Å²) in [6, 6.07) is 6.39. The van der Waals surface area contributed by atoms with Gasteiger partial charge in [0.25, 0.3) is 5.91 Å². The van der Waals surface area contributed by atoms with E-state index in [2.05, 4.69) is 21.2 Å². The van der Waals surface area contributed by atoms with E-state index in [9.17, 15) is 13.6 Å². The fraction of sp³-hybridized carbons (Fsp3) is 0. The van der Waals surface area contributed by atoms with Crippen LogP contribution in [0.2, 0.25) is 5.02 Å². The van der Waals surface area contributed by atoms with Gasteiger partial charge in [-0.15, -0.1) is 0 Å². The number of hydrogen-bond donors (Lipinski definition) is 2. The van der Waals surface area contributed by atoms with Crippen molar-refractivity contribution in [1.29, 1.82) is 0 Å². The van der Waals surface area contributed by atoms with Crippen molar-refractivity contribution in [2.45, 2.75) is 0 Å². The highest BCUT2D eigenvalue weighted by Gasteiger charge is 2.19. The predicted molar refractivity (Wildman–Crippen MR) is 77.9 cm³/mol. The van der Waals surface area contributed by atoms with Crippen LogP contribution in [0.1, 0.15) is 10.4 Å². The molecule has 1 amide bonds. The summed E-state index contributed by atoms with van der Waals surface area (Å²) < 4.78 is 27.5. The normalized spacial score (nSPS) is 10.4. The third kappa shape index (κ3) is 3.08. The van der Waals surface area contributed by atoms with Gasteiger partial charge in [-0.3, -0.25) is 4.79 Å². The van der Waals surface area contributed by atoms with Crippen LogP contribution in [0.15, 0.2) is 34.8 Å². The first-order chi connectivity index (χ1) is 9.38. The number of nitrogens with two attached hydrogens (primary N) is 1. The Morgan fingerprint density at radius 2 is 1.80 bits per heavy atom. The van der Waals surface area contributed by atoms with Gasteiger partial charge in [0.2, 0.25) is 0 Å². The molecule has 7 heteroatoms. The minimum Gasteiger partial charge on any atom is -0.399 e. The van der Waals surface area contributed by atoms with Crippen molar-refractivity contribution in [3.63, 3.8) is 0 Å². The summed E-state index contributed by atoms with van der Waals surface area (Å²) in [5.74, 6) is -2.87. The first-order valence-corrected chi connectivity index (χ1v) is 6.56. The van der Waals surface area contributed by atoms with Crippen LogP contribution in [0, 0.1) is 11.6 Å². The first kappa shape index (κ1) is 14.7. The number of nitrogens with one attached hydrogen (secondary N) is 1. The Balaban J connectivity index is 2.33. The molecule has 2 rings (SSSR count). The van der Waals surface area contributed by atoms with Crippen molar-refractivity contribution in [1.82, 2.24) is 0 Å². The highest BCUT2D eigenvalue weighted by molar-refractivity contribution is 9.10. The number of nitrogen functional groups attached to an aromatic ring is 1. The maximum Gasteiger partial charge on any atom is 0.261 e. The highest BCUT2D eigenvalue weighted by atomic mass is 79.9. The smallest absolute Gasteiger partial charge is 0.261 e. The number of rotatable bonds is 2. The average molecular weight is 362 g/mol. The van der Waals surface area contributed by atoms with E-state index in [1.54, 1.807) is 0 Å². The number of carbonyl (C=O) groups is 1. The number of amides is 1. The molecule has 0 aliphatic rings. The van der Waals surface area contributed by atoms with Crippen molar-refractivity contribution in [2.75, 3.05) is 11.1 Å². The molecular formula is C13H8BrClF2N2O. The Labute approximate surface area is 126 Å². The van der Waals surface area contributed by atoms with Gasteiger partial charge in [0.05, 0.1) is 10.7 Å². The van der Waals surface area contributed by atoms with E-state index < -0.39 is 23.1 Å². The Morgan fingerprint density at radius 3 is 2.35 bits per heavy atom. The zero-order chi connectivity index (χ0) is 14.9. The minimum atomic E-state index is -0.971. The SMILES string of the molecule is Nc1ccc(NC(=O)c2c(F)cc(Br)cc2F)c(Cl)c1. The fourth-order valence-electron chi connectivity index (χ4n) is 1.58. The molecule has 0 spiro atoms. The van der Waals surface area contributed by atoms with E-state index in [-0.39, 0.29) is 15.2 Å². The molecule has 0 aliphatic carbocycles. The average Bonchev–Trinajstić information content (AvgIpc) is 2.31. The van der Waals surface area contributed by atoms with Crippen molar-refractivity contribution in [2.24, 2.45) is 0 Å². The van der Waals surface area contributed by atoms with Crippen molar-refractivity contribution in [3.8, 4) is 0 Å². The molecule has 0 atom stereocenters. The van der Waals surface area contributed by atoms with Crippen LogP contribution in [0.25, 0.3) is 0 Å². The van der Waals surface area contributed by atoms with E-state index >= 15 is 0 Å². The Morgan fingerprint density at radius 1 is 1.20 bits per heavy atom. The summed E-state index contributed by atoms with van der Waals surface area (Å²) in [5.41, 5.74) is 5.46. The van der Waals surface area contributed by atoms with Crippen molar-refractivity contribution in [3.05, 3.63) is 57.0 Å². The van der Waals surface area contributed by atoms with Crippen molar-refractivity contribution >= 4 is 44.8 Å². The molecule has 20 heavy (non-hydrogen) atoms. The van der Waals surface area contributed by atoms with Crippen LogP contribution in [0.3, 0.4) is 0 Å². The molecule has 2 aromatic carbocycles. The van der Waals surface area contributed by atoms with E-state index in [1.807, 2.05) is 0 Å². The molecule has 0 unspecified atom stereocenters. The van der Waals surface area contributed by atoms with Crippen LogP contribution >= 0.6 is 27.5 Å². The Bertz CT molecular complexity index is 671. The lowest BCUT2D eigenvalue weighted by Crippen LogP contribution is -2.16. The van der Waals surface area contributed by atoms with Crippen LogP contribution in [-0.2, 0) is 0 Å². The topological polar surface area (TPSA) is 55.1 Å². The fourth-order valence-corrected chi connectivity index (χ4v) is 2.21. The molecule has 2 aromatic rings. The molecule has 0 aromatic heterocycles. The summed E-state index contributed by atoms with van der Waals surface area (Å²) in [6.45, 7) is 0. The lowest BCUT2D eigenvalue weighted by atomic mass is 10.1. The van der Waals surface area contributed by atoms with Crippen LogP contribution in [-0.4, -0.2) is 5.91 Å². The van der Waals surface area contributed by atoms with Crippen LogP contribution < -0.4 is 11.1 Å². The summed E-state index contributed by atoms with van der Waals surface area (Å²) in [6.07, 6.45) is 0. The molecule has 0 heterocycles. The number of halogens is 4. The molecule has 0 bridgehead atoms. The summed E-state index contributed by atoms with van der Waals surface area (Å²) in [7, 11) is 0. The van der Waals surface area contributed by atoms with E-state index in [4.69, 9.17) is 17.3 Å². The predicted octanol–water partition coefficient (Wildman–Crippen LogP) is 4.22. The molecule has 0 radical (unpaired) electrons. The molecule has 104 valence electrons. The second-order valence-electron chi connectivity index (χ2n) is 3.94. The highest BCUT2D eigenvalue weighted by Crippen LogP contribution is 2.26. The monoisotopic (exact) mass is 360 g/mol. The number of benzene rings is 2. The molecule has 3 N–H and O–H groups in total. The number of anilines is 2. The maximum atomic E-state index is 13.6. The first-order valence-electron chi connectivity index (χ1n) is 5.39. The Kier molecular flexibility index (Phi) is 4.25. The maximum absolute atomic E-state index is 13.6. The summed E-state index contributed by atoms with van der Waals surface area (Å²) in [5, 5.41) is 2.51. The lowest BCUT2D eigenvalue weighted by Gasteiger charge is -2.09. The third-order valence-corrected chi connectivity index (χ3v) is 3.25.